The summed E-state index contributed by atoms with van der Waals surface area (Å²) < 4.78 is 34.6. The molecule has 0 radical (unpaired) electrons. The molecule has 1 amide bonds. The quantitative estimate of drug-likeness (QED) is 0.691. The van der Waals surface area contributed by atoms with Crippen LogP contribution in [0.25, 0.3) is 11.5 Å². The van der Waals surface area contributed by atoms with Gasteiger partial charge in [0.2, 0.25) is 0 Å². The molecule has 0 aliphatic carbocycles. The first kappa shape index (κ1) is 18.6. The maximum atomic E-state index is 12.0. The Bertz CT molecular complexity index is 1080. The van der Waals surface area contributed by atoms with Crippen LogP contribution in [-0.4, -0.2) is 37.4 Å². The number of nitrogens with one attached hydrogen (secondary N) is 1. The summed E-state index contributed by atoms with van der Waals surface area (Å²) in [7, 11) is -3.47. The Labute approximate surface area is 156 Å². The predicted molar refractivity (Wildman–Crippen MR) is 98.1 cm³/mol. The number of rotatable bonds is 6. The normalized spacial score (nSPS) is 11.2. The second-order valence-electron chi connectivity index (χ2n) is 5.78. The van der Waals surface area contributed by atoms with Gasteiger partial charge in [-0.1, -0.05) is 35.4 Å². The molecule has 0 saturated carbocycles. The zero-order chi connectivity index (χ0) is 19.4. The lowest BCUT2D eigenvalue weighted by molar-refractivity contribution is -0.118. The van der Waals surface area contributed by atoms with Gasteiger partial charge in [-0.15, -0.1) is 5.10 Å². The van der Waals surface area contributed by atoms with Crippen molar-refractivity contribution in [2.75, 3.05) is 18.2 Å². The minimum absolute atomic E-state index is 0.00820. The van der Waals surface area contributed by atoms with E-state index in [1.54, 1.807) is 24.3 Å². The van der Waals surface area contributed by atoms with E-state index >= 15 is 0 Å². The van der Waals surface area contributed by atoms with Gasteiger partial charge >= 0.3 is 6.01 Å². The molecular weight excluding hydrogens is 370 g/mol. The number of benzene rings is 2. The summed E-state index contributed by atoms with van der Waals surface area (Å²) in [5.74, 6) is 0.108. The number of amides is 1. The van der Waals surface area contributed by atoms with Gasteiger partial charge in [0.15, 0.2) is 16.4 Å². The molecule has 0 aliphatic heterocycles. The van der Waals surface area contributed by atoms with Crippen molar-refractivity contribution in [2.24, 2.45) is 0 Å². The summed E-state index contributed by atoms with van der Waals surface area (Å²) in [5.41, 5.74) is 1.17. The van der Waals surface area contributed by atoms with Crippen molar-refractivity contribution in [1.29, 1.82) is 0 Å². The van der Waals surface area contributed by atoms with Crippen LogP contribution in [0.15, 0.2) is 57.8 Å². The molecular formula is C18H17N3O5S. The minimum atomic E-state index is -3.47. The topological polar surface area (TPSA) is 111 Å². The smallest absolute Gasteiger partial charge is 0.322 e. The standard InChI is InChI=1S/C18H17N3O5S/c1-12-7-3-5-9-14(12)25-11-16(22)19-18-21-20-17(26-18)13-8-4-6-10-15(13)27(2,23)24/h3-10H,11H2,1-2H3,(H,19,21,22). The fraction of sp³-hybridized carbons (Fsp3) is 0.167. The van der Waals surface area contributed by atoms with E-state index in [1.165, 1.54) is 6.07 Å². The number of carbonyl (C=O) groups excluding carboxylic acids is 1. The number of para-hydroxylation sites is 1. The highest BCUT2D eigenvalue weighted by molar-refractivity contribution is 7.90. The fourth-order valence-electron chi connectivity index (χ4n) is 2.37. The lowest BCUT2D eigenvalue weighted by atomic mass is 10.2. The predicted octanol–water partition coefficient (Wildman–Crippen LogP) is 2.47. The summed E-state index contributed by atoms with van der Waals surface area (Å²) >= 11 is 0. The molecule has 0 bridgehead atoms. The Morgan fingerprint density at radius 2 is 1.81 bits per heavy atom. The number of hydrogen-bond donors (Lipinski definition) is 1. The number of sulfone groups is 1. The van der Waals surface area contributed by atoms with E-state index < -0.39 is 15.7 Å². The van der Waals surface area contributed by atoms with Crippen molar-refractivity contribution < 1.29 is 22.4 Å². The van der Waals surface area contributed by atoms with Gasteiger partial charge in [-0.25, -0.2) is 8.42 Å². The Kier molecular flexibility index (Phi) is 5.22. The number of ether oxygens (including phenoxy) is 1. The third-order valence-electron chi connectivity index (χ3n) is 3.64. The van der Waals surface area contributed by atoms with Crippen LogP contribution in [0.2, 0.25) is 0 Å². The van der Waals surface area contributed by atoms with Gasteiger partial charge in [0.05, 0.1) is 10.5 Å². The van der Waals surface area contributed by atoms with Gasteiger partial charge in [-0.2, -0.15) is 0 Å². The van der Waals surface area contributed by atoms with Crippen LogP contribution in [0.3, 0.4) is 0 Å². The number of carbonyl (C=O) groups is 1. The van der Waals surface area contributed by atoms with Crippen molar-refractivity contribution in [3.63, 3.8) is 0 Å². The largest absolute Gasteiger partial charge is 0.483 e. The molecule has 3 rings (SSSR count). The van der Waals surface area contributed by atoms with Crippen molar-refractivity contribution >= 4 is 21.8 Å². The highest BCUT2D eigenvalue weighted by Gasteiger charge is 2.19. The molecule has 9 heteroatoms. The monoisotopic (exact) mass is 387 g/mol. The van der Waals surface area contributed by atoms with E-state index in [-0.39, 0.29) is 29.0 Å². The van der Waals surface area contributed by atoms with Crippen LogP contribution in [0, 0.1) is 6.92 Å². The first-order valence-electron chi connectivity index (χ1n) is 7.96. The van der Waals surface area contributed by atoms with Crippen LogP contribution in [0.5, 0.6) is 5.75 Å². The molecule has 1 aromatic heterocycles. The molecule has 140 valence electrons. The van der Waals surface area contributed by atoms with Crippen LogP contribution in [0.1, 0.15) is 5.56 Å². The first-order chi connectivity index (χ1) is 12.8. The van der Waals surface area contributed by atoms with Gasteiger partial charge in [0.1, 0.15) is 5.75 Å². The van der Waals surface area contributed by atoms with Crippen molar-refractivity contribution in [3.05, 3.63) is 54.1 Å². The van der Waals surface area contributed by atoms with Crippen molar-refractivity contribution in [1.82, 2.24) is 10.2 Å². The maximum Gasteiger partial charge on any atom is 0.322 e. The van der Waals surface area contributed by atoms with E-state index in [0.717, 1.165) is 11.8 Å². The second kappa shape index (κ2) is 7.58. The van der Waals surface area contributed by atoms with E-state index in [1.807, 2.05) is 25.1 Å². The molecule has 0 aliphatic rings. The molecule has 3 aromatic rings. The summed E-state index contributed by atoms with van der Waals surface area (Å²) in [6.07, 6.45) is 1.09. The summed E-state index contributed by atoms with van der Waals surface area (Å²) in [6, 6.07) is 13.4. The van der Waals surface area contributed by atoms with Gasteiger partial charge in [0, 0.05) is 6.26 Å². The number of aryl methyl sites for hydroxylation is 1. The summed E-state index contributed by atoms with van der Waals surface area (Å²) in [6.45, 7) is 1.64. The average Bonchev–Trinajstić information content (AvgIpc) is 3.08. The summed E-state index contributed by atoms with van der Waals surface area (Å²) in [4.78, 5) is 12.1. The number of anilines is 1. The minimum Gasteiger partial charge on any atom is -0.483 e. The highest BCUT2D eigenvalue weighted by Crippen LogP contribution is 2.27. The molecule has 27 heavy (non-hydrogen) atoms. The number of hydrogen-bond acceptors (Lipinski definition) is 7. The van der Waals surface area contributed by atoms with E-state index in [9.17, 15) is 13.2 Å². The van der Waals surface area contributed by atoms with Crippen molar-refractivity contribution in [3.8, 4) is 17.2 Å². The summed E-state index contributed by atoms with van der Waals surface area (Å²) in [5, 5.41) is 9.97. The van der Waals surface area contributed by atoms with Crippen LogP contribution in [-0.2, 0) is 14.6 Å². The van der Waals surface area contributed by atoms with Gasteiger partial charge in [-0.05, 0) is 30.7 Å². The Hall–Kier alpha value is -3.20. The molecule has 0 spiro atoms. The average molecular weight is 387 g/mol. The van der Waals surface area contributed by atoms with E-state index in [0.29, 0.717) is 5.75 Å². The molecule has 0 atom stereocenters. The zero-order valence-electron chi connectivity index (χ0n) is 14.7. The molecule has 1 N–H and O–H groups in total. The van der Waals surface area contributed by atoms with E-state index in [4.69, 9.17) is 9.15 Å². The van der Waals surface area contributed by atoms with E-state index in [2.05, 4.69) is 15.5 Å². The van der Waals surface area contributed by atoms with Gasteiger partial charge < -0.3 is 9.15 Å². The first-order valence-corrected chi connectivity index (χ1v) is 9.85. The molecule has 0 saturated heterocycles. The molecule has 1 heterocycles. The Morgan fingerprint density at radius 3 is 2.56 bits per heavy atom. The third kappa shape index (κ3) is 4.50. The second-order valence-corrected chi connectivity index (χ2v) is 7.77. The molecule has 0 fully saturated rings. The van der Waals surface area contributed by atoms with Crippen molar-refractivity contribution in [2.45, 2.75) is 11.8 Å². The molecule has 2 aromatic carbocycles. The Morgan fingerprint density at radius 1 is 1.11 bits per heavy atom. The number of aromatic nitrogens is 2. The van der Waals surface area contributed by atoms with Crippen LogP contribution < -0.4 is 10.1 Å². The SMILES string of the molecule is Cc1ccccc1OCC(=O)Nc1nnc(-c2ccccc2S(C)(=O)=O)o1. The Balaban J connectivity index is 1.70. The zero-order valence-corrected chi connectivity index (χ0v) is 15.5. The lowest BCUT2D eigenvalue weighted by Gasteiger charge is -2.07. The van der Waals surface area contributed by atoms with Gasteiger partial charge in [0.25, 0.3) is 11.8 Å². The lowest BCUT2D eigenvalue weighted by Crippen LogP contribution is -2.20. The molecule has 0 unspecified atom stereocenters. The van der Waals surface area contributed by atoms with Crippen LogP contribution in [0.4, 0.5) is 6.01 Å². The maximum absolute atomic E-state index is 12.0. The highest BCUT2D eigenvalue weighted by atomic mass is 32.2. The number of nitrogens with zero attached hydrogens (tertiary/aromatic N) is 2. The molecule has 8 nitrogen and oxygen atoms in total. The van der Waals surface area contributed by atoms with Gasteiger partial charge in [-0.3, -0.25) is 10.1 Å². The third-order valence-corrected chi connectivity index (χ3v) is 4.80. The fourth-order valence-corrected chi connectivity index (χ4v) is 3.25. The van der Waals surface area contributed by atoms with Crippen LogP contribution >= 0.6 is 0 Å².